The van der Waals surface area contributed by atoms with Crippen molar-refractivity contribution in [2.75, 3.05) is 0 Å². The van der Waals surface area contributed by atoms with Crippen molar-refractivity contribution in [3.63, 3.8) is 0 Å². The van der Waals surface area contributed by atoms with Gasteiger partial charge in [-0.3, -0.25) is 4.79 Å². The molecule has 3 aromatic carbocycles. The topological polar surface area (TPSA) is 50.2 Å². The first kappa shape index (κ1) is 30.5. The van der Waals surface area contributed by atoms with E-state index in [1.54, 1.807) is 0 Å². The van der Waals surface area contributed by atoms with Crippen LogP contribution in [0.15, 0.2) is 78.7 Å². The van der Waals surface area contributed by atoms with Crippen LogP contribution < -0.4 is 0 Å². The van der Waals surface area contributed by atoms with Crippen LogP contribution in [0.2, 0.25) is 0 Å². The maximum absolute atomic E-state index is 11.2. The summed E-state index contributed by atoms with van der Waals surface area (Å²) in [4.78, 5) is 16.0. The molecule has 1 aromatic heterocycles. The number of aliphatic hydroxyl groups is 1. The van der Waals surface area contributed by atoms with E-state index in [0.717, 1.165) is 11.3 Å². The second kappa shape index (κ2) is 13.3. The van der Waals surface area contributed by atoms with Crippen LogP contribution in [0, 0.1) is 17.9 Å². The summed E-state index contributed by atoms with van der Waals surface area (Å²) >= 11 is 0. The molecule has 0 bridgehead atoms. The van der Waals surface area contributed by atoms with Crippen molar-refractivity contribution in [1.82, 2.24) is 4.98 Å². The van der Waals surface area contributed by atoms with E-state index in [9.17, 15) is 9.90 Å². The van der Waals surface area contributed by atoms with Crippen molar-refractivity contribution < 1.29 is 30.0 Å². The molecule has 4 heteroatoms. The molecule has 1 heterocycles. The number of carbonyl (C=O) groups excluding carboxylic acids is 1. The number of pyridine rings is 1. The summed E-state index contributed by atoms with van der Waals surface area (Å²) in [7, 11) is 0. The Morgan fingerprint density at radius 1 is 0.872 bits per heavy atom. The fourth-order valence-electron chi connectivity index (χ4n) is 4.98. The average Bonchev–Trinajstić information content (AvgIpc) is 2.98. The third-order valence-corrected chi connectivity index (χ3v) is 6.72. The molecule has 0 amide bonds. The van der Waals surface area contributed by atoms with Gasteiger partial charge in [0.2, 0.25) is 0 Å². The SMILES string of the molecule is CC(C)CC(=O)/C=C(\O)CC(C)C.CC(C)c1c[c-]c2c(c1)-c1ccccc1-c1cccc3ccnc-2c13.[Ir]. The Bertz CT molecular complexity index is 1480. The van der Waals surface area contributed by atoms with E-state index in [0.29, 0.717) is 30.6 Å². The number of carbonyl (C=O) groups is 1. The number of fused-ring (bicyclic) bond motifs is 5. The molecule has 3 nitrogen and oxygen atoms in total. The monoisotopic (exact) mass is 697 g/mol. The second-order valence-electron chi connectivity index (χ2n) is 11.3. The Hall–Kier alpha value is -3.07. The molecule has 1 aliphatic rings. The van der Waals surface area contributed by atoms with E-state index in [2.05, 4.69) is 80.6 Å². The molecular formula is C35H38IrNO2-. The van der Waals surface area contributed by atoms with Crippen LogP contribution in [-0.4, -0.2) is 15.9 Å². The van der Waals surface area contributed by atoms with Gasteiger partial charge in [0, 0.05) is 45.2 Å². The molecule has 39 heavy (non-hydrogen) atoms. The Kier molecular flexibility index (Phi) is 10.4. The molecule has 0 atom stereocenters. The molecule has 0 spiro atoms. The number of benzene rings is 3. The van der Waals surface area contributed by atoms with Gasteiger partial charge >= 0.3 is 0 Å². The molecule has 5 rings (SSSR count). The van der Waals surface area contributed by atoms with Crippen LogP contribution >= 0.6 is 0 Å². The van der Waals surface area contributed by atoms with Gasteiger partial charge in [0.25, 0.3) is 0 Å². The standard InChI is InChI=1S/C24H18N.C11H20O2.Ir/c1-15(2)17-10-11-21-22(14-17)19-8-4-3-7-18(19)20-9-5-6-16-12-13-25-24(21)23(16)20;1-8(2)5-10(12)7-11(13)6-9(3)4;/h3-10,12-15H,1-2H3;7-9,12H,5-6H2,1-4H3;/q-1;;/b;10-7-;. The van der Waals surface area contributed by atoms with Crippen molar-refractivity contribution >= 4 is 16.6 Å². The van der Waals surface area contributed by atoms with Gasteiger partial charge < -0.3 is 10.1 Å². The third-order valence-electron chi connectivity index (χ3n) is 6.72. The van der Waals surface area contributed by atoms with Gasteiger partial charge in [-0.05, 0) is 45.5 Å². The summed E-state index contributed by atoms with van der Waals surface area (Å²) < 4.78 is 0. The van der Waals surface area contributed by atoms with E-state index in [-0.39, 0.29) is 31.6 Å². The summed E-state index contributed by atoms with van der Waals surface area (Å²) in [6.45, 7) is 12.5. The van der Waals surface area contributed by atoms with Gasteiger partial charge in [-0.25, -0.2) is 0 Å². The molecule has 1 radical (unpaired) electrons. The molecule has 1 N–H and O–H groups in total. The Morgan fingerprint density at radius 3 is 2.15 bits per heavy atom. The summed E-state index contributed by atoms with van der Waals surface area (Å²) in [5.74, 6) is 1.45. The zero-order chi connectivity index (χ0) is 27.4. The van der Waals surface area contributed by atoms with Crippen LogP contribution in [0.4, 0.5) is 0 Å². The van der Waals surface area contributed by atoms with Crippen molar-refractivity contribution in [3.05, 3.63) is 90.3 Å². The summed E-state index contributed by atoms with van der Waals surface area (Å²) in [5.41, 5.74) is 8.48. The number of hydrogen-bond acceptors (Lipinski definition) is 3. The molecule has 0 unspecified atom stereocenters. The summed E-state index contributed by atoms with van der Waals surface area (Å²) in [6, 6.07) is 25.3. The fourth-order valence-corrected chi connectivity index (χ4v) is 4.98. The first-order valence-corrected chi connectivity index (χ1v) is 13.6. The second-order valence-corrected chi connectivity index (χ2v) is 11.3. The smallest absolute Gasteiger partial charge is 0.159 e. The van der Waals surface area contributed by atoms with Gasteiger partial charge in [-0.1, -0.05) is 101 Å². The minimum atomic E-state index is 0. The Balaban J connectivity index is 0.000000260. The number of aliphatic hydroxyl groups excluding tert-OH is 1. The van der Waals surface area contributed by atoms with Crippen LogP contribution in [0.25, 0.3) is 44.3 Å². The van der Waals surface area contributed by atoms with E-state index in [1.807, 2.05) is 33.9 Å². The fraction of sp³-hybridized carbons (Fsp3) is 0.314. The van der Waals surface area contributed by atoms with Crippen LogP contribution in [-0.2, 0) is 24.9 Å². The van der Waals surface area contributed by atoms with E-state index in [1.165, 1.54) is 44.7 Å². The Morgan fingerprint density at radius 2 is 1.51 bits per heavy atom. The average molecular weight is 697 g/mol. The zero-order valence-electron chi connectivity index (χ0n) is 23.7. The number of nitrogens with zero attached hydrogens (tertiary/aromatic N) is 1. The van der Waals surface area contributed by atoms with Crippen molar-refractivity contribution in [2.45, 2.75) is 60.3 Å². The van der Waals surface area contributed by atoms with E-state index >= 15 is 0 Å². The largest absolute Gasteiger partial charge is 0.512 e. The number of allylic oxidation sites excluding steroid dienone is 2. The predicted octanol–water partition coefficient (Wildman–Crippen LogP) is 9.56. The van der Waals surface area contributed by atoms with E-state index in [4.69, 9.17) is 4.98 Å². The summed E-state index contributed by atoms with van der Waals surface area (Å²) in [6.07, 6.45) is 4.37. The van der Waals surface area contributed by atoms with Crippen molar-refractivity contribution in [1.29, 1.82) is 0 Å². The summed E-state index contributed by atoms with van der Waals surface area (Å²) in [5, 5.41) is 11.8. The Labute approximate surface area is 246 Å². The third kappa shape index (κ3) is 7.12. The number of aromatic nitrogens is 1. The molecule has 0 aliphatic heterocycles. The van der Waals surface area contributed by atoms with Gasteiger partial charge in [-0.15, -0.1) is 29.3 Å². The number of hydrogen-bond donors (Lipinski definition) is 1. The quantitative estimate of drug-likeness (QED) is 0.109. The van der Waals surface area contributed by atoms with Crippen molar-refractivity contribution in [3.8, 4) is 33.5 Å². The predicted molar refractivity (Wildman–Crippen MR) is 159 cm³/mol. The first-order valence-electron chi connectivity index (χ1n) is 13.6. The molecule has 1 aliphatic carbocycles. The molecular weight excluding hydrogens is 659 g/mol. The normalized spacial score (nSPS) is 11.9. The van der Waals surface area contributed by atoms with E-state index < -0.39 is 0 Å². The van der Waals surface area contributed by atoms with Crippen LogP contribution in [0.1, 0.15) is 65.9 Å². The maximum Gasteiger partial charge on any atom is 0.159 e. The molecule has 0 fully saturated rings. The minimum Gasteiger partial charge on any atom is -0.512 e. The van der Waals surface area contributed by atoms with Gasteiger partial charge in [-0.2, -0.15) is 0 Å². The first-order chi connectivity index (χ1) is 18.2. The maximum atomic E-state index is 11.2. The van der Waals surface area contributed by atoms with Crippen molar-refractivity contribution in [2.24, 2.45) is 11.8 Å². The number of ketones is 1. The van der Waals surface area contributed by atoms with Gasteiger partial charge in [0.15, 0.2) is 5.78 Å². The molecule has 205 valence electrons. The van der Waals surface area contributed by atoms with Crippen LogP contribution in [0.3, 0.4) is 0 Å². The molecule has 0 saturated carbocycles. The van der Waals surface area contributed by atoms with Gasteiger partial charge in [0.1, 0.15) is 0 Å². The van der Waals surface area contributed by atoms with Gasteiger partial charge in [0.05, 0.1) is 5.76 Å². The molecule has 4 aromatic rings. The molecule has 0 saturated heterocycles. The zero-order valence-corrected chi connectivity index (χ0v) is 26.1. The van der Waals surface area contributed by atoms with Crippen LogP contribution in [0.5, 0.6) is 0 Å². The minimum absolute atomic E-state index is 0. The number of rotatable bonds is 6.